The summed E-state index contributed by atoms with van der Waals surface area (Å²) in [7, 11) is 1.78. The first-order valence-corrected chi connectivity index (χ1v) is 10.6. The average molecular weight is 418 g/mol. The predicted molar refractivity (Wildman–Crippen MR) is 118 cm³/mol. The highest BCUT2D eigenvalue weighted by Gasteiger charge is 2.28. The molecule has 0 saturated heterocycles. The molecule has 0 fully saturated rings. The van der Waals surface area contributed by atoms with Gasteiger partial charge in [-0.2, -0.15) is 5.10 Å². The predicted octanol–water partition coefficient (Wildman–Crippen LogP) is 4.18. The number of amides is 1. The van der Waals surface area contributed by atoms with Crippen molar-refractivity contribution in [2.45, 2.75) is 39.2 Å². The van der Waals surface area contributed by atoms with Crippen LogP contribution in [0.2, 0.25) is 0 Å². The van der Waals surface area contributed by atoms with E-state index in [4.69, 9.17) is 4.74 Å². The molecular weight excluding hydrogens is 390 g/mol. The molecule has 0 aliphatic heterocycles. The maximum Gasteiger partial charge on any atom is 0.342 e. The Morgan fingerprint density at radius 3 is 2.58 bits per heavy atom. The van der Waals surface area contributed by atoms with E-state index in [-0.39, 0.29) is 18.6 Å². The van der Waals surface area contributed by atoms with Crippen molar-refractivity contribution in [1.29, 1.82) is 0 Å². The zero-order valence-electron chi connectivity index (χ0n) is 18.2. The SMILES string of the molecule is Cc1nn(-c2ccccc2)c(C)c1C(=O)OCC(=O)N(C)[C@@H]1CCCc2ccccc21. The molecule has 160 valence electrons. The summed E-state index contributed by atoms with van der Waals surface area (Å²) in [5, 5.41) is 4.48. The fraction of sp³-hybridized carbons (Fsp3) is 0.320. The van der Waals surface area contributed by atoms with Crippen molar-refractivity contribution in [3.63, 3.8) is 0 Å². The van der Waals surface area contributed by atoms with Gasteiger partial charge < -0.3 is 9.64 Å². The maximum absolute atomic E-state index is 12.8. The monoisotopic (exact) mass is 417 g/mol. The third-order valence-electron chi connectivity index (χ3n) is 6.02. The van der Waals surface area contributed by atoms with E-state index in [1.807, 2.05) is 49.4 Å². The fourth-order valence-electron chi connectivity index (χ4n) is 4.36. The van der Waals surface area contributed by atoms with E-state index in [0.717, 1.165) is 24.9 Å². The smallest absolute Gasteiger partial charge is 0.342 e. The summed E-state index contributed by atoms with van der Waals surface area (Å²) in [6.45, 7) is 3.32. The number of nitrogens with zero attached hydrogens (tertiary/aromatic N) is 3. The number of para-hydroxylation sites is 1. The molecule has 4 rings (SSSR count). The van der Waals surface area contributed by atoms with Crippen molar-refractivity contribution < 1.29 is 14.3 Å². The van der Waals surface area contributed by atoms with Crippen LogP contribution in [0.4, 0.5) is 0 Å². The molecular formula is C25H27N3O3. The van der Waals surface area contributed by atoms with Crippen molar-refractivity contribution >= 4 is 11.9 Å². The molecule has 1 aliphatic carbocycles. The molecule has 0 N–H and O–H groups in total. The summed E-state index contributed by atoms with van der Waals surface area (Å²) in [4.78, 5) is 27.3. The van der Waals surface area contributed by atoms with Gasteiger partial charge in [-0.3, -0.25) is 4.79 Å². The minimum absolute atomic E-state index is 0.0143. The fourth-order valence-corrected chi connectivity index (χ4v) is 4.36. The third-order valence-corrected chi connectivity index (χ3v) is 6.02. The second-order valence-electron chi connectivity index (χ2n) is 7.98. The molecule has 6 heteroatoms. The largest absolute Gasteiger partial charge is 0.452 e. The second kappa shape index (κ2) is 8.76. The number of benzene rings is 2. The van der Waals surface area contributed by atoms with Crippen molar-refractivity contribution in [2.75, 3.05) is 13.7 Å². The normalized spacial score (nSPS) is 15.3. The Hall–Kier alpha value is -3.41. The Balaban J connectivity index is 1.45. The van der Waals surface area contributed by atoms with Gasteiger partial charge in [-0.05, 0) is 56.4 Å². The van der Waals surface area contributed by atoms with Crippen LogP contribution in [0.25, 0.3) is 5.69 Å². The van der Waals surface area contributed by atoms with Crippen LogP contribution in [0.3, 0.4) is 0 Å². The molecule has 2 aromatic carbocycles. The van der Waals surface area contributed by atoms with Gasteiger partial charge in [0.1, 0.15) is 5.56 Å². The lowest BCUT2D eigenvalue weighted by Crippen LogP contribution is -2.36. The lowest BCUT2D eigenvalue weighted by Gasteiger charge is -2.33. The van der Waals surface area contributed by atoms with Crippen LogP contribution in [-0.2, 0) is 16.0 Å². The lowest BCUT2D eigenvalue weighted by atomic mass is 9.87. The summed E-state index contributed by atoms with van der Waals surface area (Å²) in [5.74, 6) is -0.733. The number of rotatable bonds is 5. The molecule has 0 unspecified atom stereocenters. The van der Waals surface area contributed by atoms with Crippen molar-refractivity contribution in [2.24, 2.45) is 0 Å². The maximum atomic E-state index is 12.8. The van der Waals surface area contributed by atoms with Crippen LogP contribution in [-0.4, -0.2) is 40.2 Å². The number of carbonyl (C=O) groups excluding carboxylic acids is 2. The highest BCUT2D eigenvalue weighted by Crippen LogP contribution is 2.33. The molecule has 31 heavy (non-hydrogen) atoms. The quantitative estimate of drug-likeness (QED) is 0.584. The topological polar surface area (TPSA) is 64.4 Å². The second-order valence-corrected chi connectivity index (χ2v) is 7.98. The standard InChI is InChI=1S/C25H27N3O3/c1-17-24(18(2)28(26-17)20-12-5-4-6-13-20)25(30)31-16-23(29)27(3)22-15-9-11-19-10-7-8-14-21(19)22/h4-8,10,12-14,22H,9,11,15-16H2,1-3H3/t22-/m1/s1. The molecule has 0 bridgehead atoms. The van der Waals surface area contributed by atoms with E-state index in [1.54, 1.807) is 23.6 Å². The molecule has 0 spiro atoms. The molecule has 6 nitrogen and oxygen atoms in total. The molecule has 1 heterocycles. The molecule has 1 amide bonds. The lowest BCUT2D eigenvalue weighted by molar-refractivity contribution is -0.135. The van der Waals surface area contributed by atoms with Gasteiger partial charge in [-0.25, -0.2) is 9.48 Å². The van der Waals surface area contributed by atoms with E-state index < -0.39 is 5.97 Å². The first-order chi connectivity index (χ1) is 15.0. The van der Waals surface area contributed by atoms with Crippen LogP contribution >= 0.6 is 0 Å². The average Bonchev–Trinajstić information content (AvgIpc) is 3.10. The Bertz CT molecular complexity index is 1100. The van der Waals surface area contributed by atoms with Crippen LogP contribution in [0.15, 0.2) is 54.6 Å². The van der Waals surface area contributed by atoms with Gasteiger partial charge in [-0.1, -0.05) is 42.5 Å². The molecule has 1 aromatic heterocycles. The van der Waals surface area contributed by atoms with E-state index >= 15 is 0 Å². The summed E-state index contributed by atoms with van der Waals surface area (Å²) in [5.41, 5.74) is 5.02. The summed E-state index contributed by atoms with van der Waals surface area (Å²) in [6, 6.07) is 17.9. The highest BCUT2D eigenvalue weighted by molar-refractivity contribution is 5.93. The number of hydrogen-bond acceptors (Lipinski definition) is 4. The number of carbonyl (C=O) groups is 2. The van der Waals surface area contributed by atoms with Crippen LogP contribution in [0.5, 0.6) is 0 Å². The minimum atomic E-state index is -0.525. The van der Waals surface area contributed by atoms with E-state index in [9.17, 15) is 9.59 Å². The van der Waals surface area contributed by atoms with Crippen LogP contribution in [0, 0.1) is 13.8 Å². The van der Waals surface area contributed by atoms with Crippen molar-refractivity contribution in [3.8, 4) is 5.69 Å². The number of ether oxygens (including phenoxy) is 1. The number of aryl methyl sites for hydroxylation is 2. The number of esters is 1. The molecule has 0 radical (unpaired) electrons. The van der Waals surface area contributed by atoms with Crippen molar-refractivity contribution in [1.82, 2.24) is 14.7 Å². The molecule has 3 aromatic rings. The summed E-state index contributed by atoms with van der Waals surface area (Å²) < 4.78 is 7.14. The van der Waals surface area contributed by atoms with Gasteiger partial charge in [0.25, 0.3) is 5.91 Å². The molecule has 1 aliphatic rings. The Morgan fingerprint density at radius 2 is 1.81 bits per heavy atom. The van der Waals surface area contributed by atoms with Gasteiger partial charge in [0.2, 0.25) is 0 Å². The molecule has 0 saturated carbocycles. The Labute approximate surface area is 182 Å². The minimum Gasteiger partial charge on any atom is -0.452 e. The summed E-state index contributed by atoms with van der Waals surface area (Å²) in [6.07, 6.45) is 2.99. The number of aromatic nitrogens is 2. The van der Waals surface area contributed by atoms with E-state index in [1.165, 1.54) is 11.1 Å². The zero-order chi connectivity index (χ0) is 22.0. The number of likely N-dealkylation sites (N-methyl/N-ethyl adjacent to an activating group) is 1. The Morgan fingerprint density at radius 1 is 1.10 bits per heavy atom. The zero-order valence-corrected chi connectivity index (χ0v) is 18.2. The van der Waals surface area contributed by atoms with Gasteiger partial charge in [0.05, 0.1) is 23.1 Å². The molecule has 1 atom stereocenters. The first-order valence-electron chi connectivity index (χ1n) is 10.6. The van der Waals surface area contributed by atoms with Gasteiger partial charge in [0, 0.05) is 7.05 Å². The first kappa shape index (κ1) is 20.8. The number of hydrogen-bond donors (Lipinski definition) is 0. The van der Waals surface area contributed by atoms with Gasteiger partial charge >= 0.3 is 5.97 Å². The van der Waals surface area contributed by atoms with E-state index in [2.05, 4.69) is 17.2 Å². The van der Waals surface area contributed by atoms with Crippen LogP contribution in [0.1, 0.15) is 51.8 Å². The Kier molecular flexibility index (Phi) is 5.89. The van der Waals surface area contributed by atoms with E-state index in [0.29, 0.717) is 17.0 Å². The van der Waals surface area contributed by atoms with Gasteiger partial charge in [0.15, 0.2) is 6.61 Å². The third kappa shape index (κ3) is 4.10. The van der Waals surface area contributed by atoms with Crippen LogP contribution < -0.4 is 0 Å². The number of fused-ring (bicyclic) bond motifs is 1. The summed E-state index contributed by atoms with van der Waals surface area (Å²) >= 11 is 0. The van der Waals surface area contributed by atoms with Gasteiger partial charge in [-0.15, -0.1) is 0 Å². The highest BCUT2D eigenvalue weighted by atomic mass is 16.5. The van der Waals surface area contributed by atoms with Crippen molar-refractivity contribution in [3.05, 3.63) is 82.7 Å².